The van der Waals surface area contributed by atoms with Gasteiger partial charge in [-0.05, 0) is 30.7 Å². The number of hydrogen-bond acceptors (Lipinski definition) is 1. The third-order valence-electron chi connectivity index (χ3n) is 1.69. The average Bonchev–Trinajstić information content (AvgIpc) is 2.01. The molecule has 1 aromatic carbocycles. The van der Waals surface area contributed by atoms with Crippen molar-refractivity contribution in [1.29, 1.82) is 0 Å². The number of anilines is 1. The average molecular weight is 221 g/mol. The van der Waals surface area contributed by atoms with Crippen molar-refractivity contribution in [3.63, 3.8) is 0 Å². The van der Waals surface area contributed by atoms with Gasteiger partial charge in [-0.2, -0.15) is 13.2 Å². The van der Waals surface area contributed by atoms with Crippen LogP contribution in [0.15, 0.2) is 18.2 Å². The van der Waals surface area contributed by atoms with Crippen LogP contribution in [0.1, 0.15) is 26.0 Å². The predicted molar refractivity (Wildman–Crippen MR) is 59.2 cm³/mol. The molecule has 0 aliphatic heterocycles. The van der Waals surface area contributed by atoms with Gasteiger partial charge in [0.1, 0.15) is 0 Å². The van der Waals surface area contributed by atoms with Crippen molar-refractivity contribution in [1.82, 2.24) is 0 Å². The number of nitrogens with one attached hydrogen (secondary N) is 1. The lowest BCUT2D eigenvalue weighted by molar-refractivity contribution is -0.137. The highest BCUT2D eigenvalue weighted by atomic mass is 19.4. The fraction of sp³-hybridized carbons (Fsp3) is 0.455. The minimum absolute atomic E-state index is 0. The number of aryl methyl sites for hydroxylation is 1. The lowest BCUT2D eigenvalue weighted by Crippen LogP contribution is -2.06. The second-order valence-corrected chi connectivity index (χ2v) is 2.84. The molecule has 1 nitrogen and oxygen atoms in total. The van der Waals surface area contributed by atoms with Crippen molar-refractivity contribution in [3.8, 4) is 0 Å². The van der Waals surface area contributed by atoms with Gasteiger partial charge in [-0.25, -0.2) is 0 Å². The molecule has 0 unspecified atom stereocenters. The zero-order valence-electron chi connectivity index (χ0n) is 7.37. The highest BCUT2D eigenvalue weighted by Crippen LogP contribution is 2.31. The molecule has 88 valence electrons. The van der Waals surface area contributed by atoms with Crippen molar-refractivity contribution in [2.45, 2.75) is 28.0 Å². The Hall–Kier alpha value is -1.19. The van der Waals surface area contributed by atoms with Crippen LogP contribution in [0, 0.1) is 6.92 Å². The maximum Gasteiger partial charge on any atom is 0.416 e. The van der Waals surface area contributed by atoms with E-state index in [1.165, 1.54) is 0 Å². The van der Waals surface area contributed by atoms with Crippen LogP contribution in [-0.4, -0.2) is 7.05 Å². The first-order valence-electron chi connectivity index (χ1n) is 3.80. The maximum absolute atomic E-state index is 12.3. The van der Waals surface area contributed by atoms with E-state index in [0.717, 1.165) is 12.1 Å². The molecule has 1 N–H and O–H groups in total. The van der Waals surface area contributed by atoms with E-state index in [-0.39, 0.29) is 14.9 Å². The molecule has 0 radical (unpaired) electrons. The molecule has 0 aliphatic rings. The second kappa shape index (κ2) is 5.63. The predicted octanol–water partition coefficient (Wildman–Crippen LogP) is 4.33. The Bertz CT molecular complexity index is 305. The van der Waals surface area contributed by atoms with E-state index < -0.39 is 11.7 Å². The van der Waals surface area contributed by atoms with E-state index in [4.69, 9.17) is 0 Å². The van der Waals surface area contributed by atoms with Crippen molar-refractivity contribution in [3.05, 3.63) is 29.3 Å². The normalized spacial score (nSPS) is 9.93. The van der Waals surface area contributed by atoms with Crippen LogP contribution in [0.25, 0.3) is 0 Å². The van der Waals surface area contributed by atoms with Gasteiger partial charge in [0.25, 0.3) is 0 Å². The molecule has 15 heavy (non-hydrogen) atoms. The highest BCUT2D eigenvalue weighted by Gasteiger charge is 2.30. The van der Waals surface area contributed by atoms with Gasteiger partial charge in [0.2, 0.25) is 0 Å². The number of halogens is 3. The Kier molecular flexibility index (Phi) is 6.10. The highest BCUT2D eigenvalue weighted by molar-refractivity contribution is 5.48. The van der Waals surface area contributed by atoms with Crippen LogP contribution in [0.2, 0.25) is 0 Å². The van der Waals surface area contributed by atoms with Crippen LogP contribution in [0.5, 0.6) is 0 Å². The Morgan fingerprint density at radius 2 is 1.60 bits per heavy atom. The maximum atomic E-state index is 12.3. The molecular weight excluding hydrogens is 203 g/mol. The molecule has 0 heterocycles. The van der Waals surface area contributed by atoms with E-state index in [1.807, 2.05) is 0 Å². The summed E-state index contributed by atoms with van der Waals surface area (Å²) in [6, 6.07) is 3.88. The Balaban J connectivity index is 0. The van der Waals surface area contributed by atoms with E-state index in [0.29, 0.717) is 11.3 Å². The molecule has 0 atom stereocenters. The molecule has 0 aliphatic carbocycles. The standard InChI is InChI=1S/C9H10F3N.2CH4/c1-6-3-7(9(10,11)12)5-8(4-6)13-2;;/h3-5,13H,1-2H3;2*1H4. The lowest BCUT2D eigenvalue weighted by Gasteiger charge is -2.09. The summed E-state index contributed by atoms with van der Waals surface area (Å²) in [5.74, 6) is 0. The number of benzene rings is 1. The zero-order chi connectivity index (χ0) is 10.1. The molecular formula is C11H18F3N. The number of hydrogen-bond donors (Lipinski definition) is 1. The minimum atomic E-state index is -4.27. The van der Waals surface area contributed by atoms with Crippen LogP contribution >= 0.6 is 0 Å². The van der Waals surface area contributed by atoms with Gasteiger partial charge in [-0.1, -0.05) is 14.9 Å². The van der Waals surface area contributed by atoms with Gasteiger partial charge in [-0.15, -0.1) is 0 Å². The summed E-state index contributed by atoms with van der Waals surface area (Å²) in [6.07, 6.45) is -4.27. The topological polar surface area (TPSA) is 12.0 Å². The van der Waals surface area contributed by atoms with Crippen LogP contribution in [0.3, 0.4) is 0 Å². The molecule has 1 aromatic rings. The fourth-order valence-corrected chi connectivity index (χ4v) is 1.09. The summed E-state index contributed by atoms with van der Waals surface area (Å²) in [5.41, 5.74) is 0.461. The van der Waals surface area contributed by atoms with Gasteiger partial charge in [0, 0.05) is 12.7 Å². The summed E-state index contributed by atoms with van der Waals surface area (Å²) in [7, 11) is 1.59. The van der Waals surface area contributed by atoms with Gasteiger partial charge < -0.3 is 5.32 Å². The third-order valence-corrected chi connectivity index (χ3v) is 1.69. The van der Waals surface area contributed by atoms with Gasteiger partial charge in [0.15, 0.2) is 0 Å². The number of rotatable bonds is 1. The first-order valence-corrected chi connectivity index (χ1v) is 3.80. The van der Waals surface area contributed by atoms with E-state index in [2.05, 4.69) is 5.32 Å². The molecule has 0 saturated carbocycles. The van der Waals surface area contributed by atoms with Crippen LogP contribution in [-0.2, 0) is 6.18 Å². The van der Waals surface area contributed by atoms with Gasteiger partial charge in [-0.3, -0.25) is 0 Å². The summed E-state index contributed by atoms with van der Waals surface area (Å²) < 4.78 is 36.8. The third kappa shape index (κ3) is 4.23. The Morgan fingerprint density at radius 3 is 2.00 bits per heavy atom. The largest absolute Gasteiger partial charge is 0.416 e. The first kappa shape index (κ1) is 16.2. The van der Waals surface area contributed by atoms with Crippen molar-refractivity contribution >= 4 is 5.69 Å². The molecule has 0 bridgehead atoms. The summed E-state index contributed by atoms with van der Waals surface area (Å²) >= 11 is 0. The smallest absolute Gasteiger partial charge is 0.388 e. The van der Waals surface area contributed by atoms with Crippen molar-refractivity contribution in [2.24, 2.45) is 0 Å². The summed E-state index contributed by atoms with van der Waals surface area (Å²) in [4.78, 5) is 0. The van der Waals surface area contributed by atoms with E-state index in [9.17, 15) is 13.2 Å². The molecule has 0 saturated heterocycles. The van der Waals surface area contributed by atoms with Crippen LogP contribution in [0.4, 0.5) is 18.9 Å². The summed E-state index contributed by atoms with van der Waals surface area (Å²) in [5, 5.41) is 2.68. The molecule has 1 rings (SSSR count). The lowest BCUT2D eigenvalue weighted by atomic mass is 10.1. The Labute approximate surface area is 89.3 Å². The van der Waals surface area contributed by atoms with E-state index >= 15 is 0 Å². The molecule has 0 spiro atoms. The Morgan fingerprint density at radius 1 is 1.07 bits per heavy atom. The summed E-state index contributed by atoms with van der Waals surface area (Å²) in [6.45, 7) is 1.64. The molecule has 0 aromatic heterocycles. The molecule has 0 fully saturated rings. The van der Waals surface area contributed by atoms with E-state index in [1.54, 1.807) is 20.0 Å². The SMILES string of the molecule is C.C.CNc1cc(C)cc(C(F)(F)F)c1. The first-order chi connectivity index (χ1) is 5.93. The zero-order valence-corrected chi connectivity index (χ0v) is 7.37. The molecule has 4 heteroatoms. The van der Waals surface area contributed by atoms with Crippen molar-refractivity contribution < 1.29 is 13.2 Å². The quantitative estimate of drug-likeness (QED) is 0.744. The number of alkyl halides is 3. The second-order valence-electron chi connectivity index (χ2n) is 2.84. The fourth-order valence-electron chi connectivity index (χ4n) is 1.09. The minimum Gasteiger partial charge on any atom is -0.388 e. The van der Waals surface area contributed by atoms with Gasteiger partial charge >= 0.3 is 6.18 Å². The van der Waals surface area contributed by atoms with Crippen molar-refractivity contribution in [2.75, 3.05) is 12.4 Å². The van der Waals surface area contributed by atoms with Gasteiger partial charge in [0.05, 0.1) is 5.56 Å². The van der Waals surface area contributed by atoms with Crippen LogP contribution < -0.4 is 5.32 Å². The molecule has 0 amide bonds. The monoisotopic (exact) mass is 221 g/mol.